The monoisotopic (exact) mass is 229 g/mol. The normalized spacial score (nSPS) is 28.2. The average Bonchev–Trinajstić information content (AvgIpc) is 2.58. The second kappa shape index (κ2) is 4.45. The van der Waals surface area contributed by atoms with E-state index < -0.39 is 0 Å². The van der Waals surface area contributed by atoms with Gasteiger partial charge in [0.15, 0.2) is 5.82 Å². The second-order valence-electron chi connectivity index (χ2n) is 4.21. The summed E-state index contributed by atoms with van der Waals surface area (Å²) in [6.45, 7) is 4.95. The third kappa shape index (κ3) is 2.66. The Morgan fingerprint density at radius 2 is 2.33 bits per heavy atom. The van der Waals surface area contributed by atoms with Crippen LogP contribution in [0.3, 0.4) is 0 Å². The number of nitrogens with zero attached hydrogens (tertiary/aromatic N) is 5. The van der Waals surface area contributed by atoms with E-state index in [9.17, 15) is 0 Å². The molecule has 2 heterocycles. The van der Waals surface area contributed by atoms with E-state index in [1.165, 1.54) is 4.80 Å². The summed E-state index contributed by atoms with van der Waals surface area (Å²) in [5, 5.41) is 12.2. The van der Waals surface area contributed by atoms with Gasteiger partial charge in [-0.05, 0) is 24.1 Å². The summed E-state index contributed by atoms with van der Waals surface area (Å²) in [4.78, 5) is 3.77. The first kappa shape index (κ1) is 10.8. The number of aryl methyl sites for hydroxylation is 1. The standard InChI is InChI=1S/C9H16ClN5/c1-7-3-4-15(5-8(7)10)6-9-11-13-14(2)12-9/h7-8H,3-6H2,1-2H3. The molecule has 0 saturated carbocycles. The van der Waals surface area contributed by atoms with Gasteiger partial charge < -0.3 is 0 Å². The lowest BCUT2D eigenvalue weighted by Crippen LogP contribution is -2.40. The fourth-order valence-corrected chi connectivity index (χ4v) is 2.14. The van der Waals surface area contributed by atoms with Crippen LogP contribution in [0, 0.1) is 5.92 Å². The molecule has 2 unspecified atom stereocenters. The largest absolute Gasteiger partial charge is 0.294 e. The molecule has 1 aromatic heterocycles. The van der Waals surface area contributed by atoms with Crippen LogP contribution in [0.25, 0.3) is 0 Å². The minimum atomic E-state index is 0.246. The summed E-state index contributed by atoms with van der Waals surface area (Å²) in [5.41, 5.74) is 0. The number of aromatic nitrogens is 4. The van der Waals surface area contributed by atoms with Crippen molar-refractivity contribution in [1.82, 2.24) is 25.1 Å². The fourth-order valence-electron chi connectivity index (χ4n) is 1.82. The molecule has 0 aromatic carbocycles. The van der Waals surface area contributed by atoms with Gasteiger partial charge in [0.1, 0.15) is 0 Å². The highest BCUT2D eigenvalue weighted by molar-refractivity contribution is 6.21. The molecule has 15 heavy (non-hydrogen) atoms. The lowest BCUT2D eigenvalue weighted by atomic mass is 9.99. The molecule has 0 spiro atoms. The molecule has 5 nitrogen and oxygen atoms in total. The van der Waals surface area contributed by atoms with Crippen LogP contribution < -0.4 is 0 Å². The van der Waals surface area contributed by atoms with E-state index in [1.807, 2.05) is 0 Å². The first-order chi connectivity index (χ1) is 7.15. The van der Waals surface area contributed by atoms with E-state index in [0.717, 1.165) is 31.9 Å². The highest BCUT2D eigenvalue weighted by Crippen LogP contribution is 2.22. The van der Waals surface area contributed by atoms with Crippen molar-refractivity contribution < 1.29 is 0 Å². The number of halogens is 1. The zero-order chi connectivity index (χ0) is 10.8. The Bertz CT molecular complexity index is 326. The van der Waals surface area contributed by atoms with E-state index in [0.29, 0.717) is 5.92 Å². The lowest BCUT2D eigenvalue weighted by molar-refractivity contribution is 0.185. The fraction of sp³-hybridized carbons (Fsp3) is 0.889. The van der Waals surface area contributed by atoms with Crippen molar-refractivity contribution in [3.8, 4) is 0 Å². The first-order valence-corrected chi connectivity index (χ1v) is 5.68. The molecular formula is C9H16ClN5. The molecule has 84 valence electrons. The zero-order valence-corrected chi connectivity index (χ0v) is 9.85. The molecule has 1 aliphatic heterocycles. The molecule has 1 aromatic rings. The van der Waals surface area contributed by atoms with Gasteiger partial charge in [-0.3, -0.25) is 4.90 Å². The van der Waals surface area contributed by atoms with Crippen LogP contribution in [-0.2, 0) is 13.6 Å². The van der Waals surface area contributed by atoms with Gasteiger partial charge in [0.2, 0.25) is 0 Å². The maximum atomic E-state index is 6.23. The van der Waals surface area contributed by atoms with Gasteiger partial charge >= 0.3 is 0 Å². The van der Waals surface area contributed by atoms with Crippen LogP contribution in [0.2, 0.25) is 0 Å². The zero-order valence-electron chi connectivity index (χ0n) is 9.10. The Morgan fingerprint density at radius 3 is 2.93 bits per heavy atom. The summed E-state index contributed by atoms with van der Waals surface area (Å²) in [7, 11) is 1.78. The lowest BCUT2D eigenvalue weighted by Gasteiger charge is -2.32. The third-order valence-corrected chi connectivity index (χ3v) is 3.43. The van der Waals surface area contributed by atoms with Crippen molar-refractivity contribution >= 4 is 11.6 Å². The van der Waals surface area contributed by atoms with Crippen molar-refractivity contribution in [2.75, 3.05) is 13.1 Å². The SMILES string of the molecule is CC1CCN(Cc2nnn(C)n2)CC1Cl. The van der Waals surface area contributed by atoms with Crippen LogP contribution in [0.5, 0.6) is 0 Å². The maximum Gasteiger partial charge on any atom is 0.188 e. The molecule has 1 fully saturated rings. The molecule has 0 amide bonds. The number of likely N-dealkylation sites (tertiary alicyclic amines) is 1. The number of alkyl halides is 1. The number of rotatable bonds is 2. The third-order valence-electron chi connectivity index (χ3n) is 2.87. The van der Waals surface area contributed by atoms with E-state index in [-0.39, 0.29) is 5.38 Å². The molecular weight excluding hydrogens is 214 g/mol. The smallest absolute Gasteiger partial charge is 0.188 e. The Labute approximate surface area is 94.4 Å². The van der Waals surface area contributed by atoms with Crippen molar-refractivity contribution in [2.45, 2.75) is 25.3 Å². The van der Waals surface area contributed by atoms with Gasteiger partial charge in [-0.25, -0.2) is 0 Å². The van der Waals surface area contributed by atoms with Gasteiger partial charge in [-0.15, -0.1) is 21.8 Å². The quantitative estimate of drug-likeness (QED) is 0.699. The Balaban J connectivity index is 1.90. The van der Waals surface area contributed by atoms with Crippen LogP contribution in [-0.4, -0.2) is 43.6 Å². The Hall–Kier alpha value is -0.680. The minimum absolute atomic E-state index is 0.246. The van der Waals surface area contributed by atoms with Crippen LogP contribution in [0.4, 0.5) is 0 Å². The van der Waals surface area contributed by atoms with Gasteiger partial charge in [-0.1, -0.05) is 6.92 Å². The molecule has 0 bridgehead atoms. The van der Waals surface area contributed by atoms with Gasteiger partial charge in [-0.2, -0.15) is 4.80 Å². The van der Waals surface area contributed by atoms with Crippen molar-refractivity contribution in [3.63, 3.8) is 0 Å². The number of hydrogen-bond acceptors (Lipinski definition) is 4. The van der Waals surface area contributed by atoms with Gasteiger partial charge in [0.05, 0.1) is 13.6 Å². The van der Waals surface area contributed by atoms with Gasteiger partial charge in [0, 0.05) is 11.9 Å². The summed E-state index contributed by atoms with van der Waals surface area (Å²) in [6.07, 6.45) is 1.15. The van der Waals surface area contributed by atoms with E-state index in [1.54, 1.807) is 7.05 Å². The number of hydrogen-bond donors (Lipinski definition) is 0. The first-order valence-electron chi connectivity index (χ1n) is 5.24. The Kier molecular flexibility index (Phi) is 3.21. The van der Waals surface area contributed by atoms with E-state index >= 15 is 0 Å². The molecule has 1 aliphatic rings. The number of piperidine rings is 1. The van der Waals surface area contributed by atoms with Crippen molar-refractivity contribution in [3.05, 3.63) is 5.82 Å². The highest BCUT2D eigenvalue weighted by atomic mass is 35.5. The minimum Gasteiger partial charge on any atom is -0.294 e. The van der Waals surface area contributed by atoms with Crippen LogP contribution >= 0.6 is 11.6 Å². The molecule has 0 radical (unpaired) electrons. The summed E-state index contributed by atoms with van der Waals surface area (Å²) in [5.74, 6) is 1.38. The average molecular weight is 230 g/mol. The molecule has 0 N–H and O–H groups in total. The highest BCUT2D eigenvalue weighted by Gasteiger charge is 2.24. The predicted octanol–water partition coefficient (Wildman–Crippen LogP) is 0.659. The van der Waals surface area contributed by atoms with Crippen LogP contribution in [0.15, 0.2) is 0 Å². The predicted molar refractivity (Wildman–Crippen MR) is 57.5 cm³/mol. The molecule has 2 rings (SSSR count). The van der Waals surface area contributed by atoms with E-state index in [2.05, 4.69) is 27.2 Å². The maximum absolute atomic E-state index is 6.23. The Morgan fingerprint density at radius 1 is 1.53 bits per heavy atom. The topological polar surface area (TPSA) is 46.8 Å². The van der Waals surface area contributed by atoms with E-state index in [4.69, 9.17) is 11.6 Å². The van der Waals surface area contributed by atoms with Gasteiger partial charge in [0.25, 0.3) is 0 Å². The van der Waals surface area contributed by atoms with Crippen molar-refractivity contribution in [1.29, 1.82) is 0 Å². The molecule has 6 heteroatoms. The second-order valence-corrected chi connectivity index (χ2v) is 4.77. The molecule has 1 saturated heterocycles. The van der Waals surface area contributed by atoms with Crippen LogP contribution in [0.1, 0.15) is 19.2 Å². The summed E-state index contributed by atoms with van der Waals surface area (Å²) < 4.78 is 0. The summed E-state index contributed by atoms with van der Waals surface area (Å²) >= 11 is 6.23. The molecule has 2 atom stereocenters. The number of tetrazole rings is 1. The van der Waals surface area contributed by atoms with Crippen molar-refractivity contribution in [2.24, 2.45) is 13.0 Å². The molecule has 0 aliphatic carbocycles. The summed E-state index contributed by atoms with van der Waals surface area (Å²) in [6, 6.07) is 0.